The van der Waals surface area contributed by atoms with Crippen molar-refractivity contribution in [1.82, 2.24) is 15.2 Å². The van der Waals surface area contributed by atoms with Crippen LogP contribution in [0.2, 0.25) is 0 Å². The number of hydrogen-bond donors (Lipinski definition) is 1. The summed E-state index contributed by atoms with van der Waals surface area (Å²) in [5.41, 5.74) is 1.83. The van der Waals surface area contributed by atoms with Crippen LogP contribution in [0.3, 0.4) is 0 Å². The smallest absolute Gasteiger partial charge is 0.214 e. The monoisotopic (exact) mass is 216 g/mol. The fourth-order valence-corrected chi connectivity index (χ4v) is 1.25. The number of pyridine rings is 1. The lowest BCUT2D eigenvalue weighted by atomic mass is 10.3. The highest BCUT2D eigenvalue weighted by molar-refractivity contribution is 5.45. The van der Waals surface area contributed by atoms with E-state index >= 15 is 0 Å². The maximum absolute atomic E-state index is 5.03. The zero-order chi connectivity index (χ0) is 11.2. The fourth-order valence-electron chi connectivity index (χ4n) is 1.25. The molecule has 0 saturated heterocycles. The van der Waals surface area contributed by atoms with Crippen LogP contribution in [-0.2, 0) is 6.54 Å². The molecule has 2 rings (SSSR count). The van der Waals surface area contributed by atoms with Gasteiger partial charge in [-0.05, 0) is 18.2 Å². The summed E-state index contributed by atoms with van der Waals surface area (Å²) in [7, 11) is 1.59. The molecular formula is C11H12N4O. The predicted octanol–water partition coefficient (Wildman–Crippen LogP) is 1.49. The third-order valence-corrected chi connectivity index (χ3v) is 2.05. The molecule has 0 spiro atoms. The molecule has 0 atom stereocenters. The number of nitrogens with zero attached hydrogens (tertiary/aromatic N) is 3. The van der Waals surface area contributed by atoms with E-state index in [0.29, 0.717) is 12.4 Å². The van der Waals surface area contributed by atoms with Gasteiger partial charge < -0.3 is 10.1 Å². The molecule has 5 nitrogen and oxygen atoms in total. The third-order valence-electron chi connectivity index (χ3n) is 2.05. The number of aromatic nitrogens is 3. The highest BCUT2D eigenvalue weighted by atomic mass is 16.5. The predicted molar refractivity (Wildman–Crippen MR) is 60.1 cm³/mol. The van der Waals surface area contributed by atoms with Crippen molar-refractivity contribution in [2.75, 3.05) is 12.4 Å². The van der Waals surface area contributed by atoms with E-state index in [-0.39, 0.29) is 0 Å². The van der Waals surface area contributed by atoms with Gasteiger partial charge in [-0.25, -0.2) is 4.98 Å². The second kappa shape index (κ2) is 5.06. The Kier molecular flexibility index (Phi) is 3.28. The minimum absolute atomic E-state index is 0.587. The molecule has 82 valence electrons. The minimum Gasteiger partial charge on any atom is -0.481 e. The molecule has 2 aromatic rings. The van der Waals surface area contributed by atoms with E-state index in [9.17, 15) is 0 Å². The Morgan fingerprint density at radius 1 is 1.31 bits per heavy atom. The summed E-state index contributed by atoms with van der Waals surface area (Å²) in [6.45, 7) is 0.626. The second-order valence-electron chi connectivity index (χ2n) is 3.16. The highest BCUT2D eigenvalue weighted by Gasteiger charge is 1.97. The number of anilines is 1. The van der Waals surface area contributed by atoms with Gasteiger partial charge in [-0.15, -0.1) is 0 Å². The van der Waals surface area contributed by atoms with Gasteiger partial charge in [0, 0.05) is 24.1 Å². The van der Waals surface area contributed by atoms with Crippen molar-refractivity contribution in [2.45, 2.75) is 6.54 Å². The molecule has 2 aromatic heterocycles. The van der Waals surface area contributed by atoms with Gasteiger partial charge in [0.2, 0.25) is 5.88 Å². The van der Waals surface area contributed by atoms with E-state index in [1.165, 1.54) is 0 Å². The van der Waals surface area contributed by atoms with Gasteiger partial charge in [-0.1, -0.05) is 0 Å². The Hall–Kier alpha value is -2.17. The number of hydrogen-bond acceptors (Lipinski definition) is 5. The molecule has 0 saturated carbocycles. The van der Waals surface area contributed by atoms with Crippen LogP contribution in [0.5, 0.6) is 5.88 Å². The molecule has 0 fully saturated rings. The lowest BCUT2D eigenvalue weighted by Gasteiger charge is -2.06. The molecule has 0 aliphatic carbocycles. The second-order valence-corrected chi connectivity index (χ2v) is 3.16. The van der Waals surface area contributed by atoms with E-state index in [1.807, 2.05) is 24.3 Å². The molecule has 1 N–H and O–H groups in total. The van der Waals surface area contributed by atoms with Gasteiger partial charge in [-0.3, -0.25) is 0 Å². The lowest BCUT2D eigenvalue weighted by Crippen LogP contribution is -2.02. The van der Waals surface area contributed by atoms with Crippen LogP contribution in [0, 0.1) is 0 Å². The zero-order valence-corrected chi connectivity index (χ0v) is 8.92. The number of nitrogens with one attached hydrogen (secondary N) is 1. The topological polar surface area (TPSA) is 59.9 Å². The summed E-state index contributed by atoms with van der Waals surface area (Å²) in [4.78, 5) is 4.02. The van der Waals surface area contributed by atoms with E-state index in [2.05, 4.69) is 20.5 Å². The minimum atomic E-state index is 0.587. The van der Waals surface area contributed by atoms with Crippen LogP contribution in [0.25, 0.3) is 0 Å². The van der Waals surface area contributed by atoms with Gasteiger partial charge in [0.05, 0.1) is 19.3 Å². The van der Waals surface area contributed by atoms with Crippen LogP contribution in [0.15, 0.2) is 36.7 Å². The first-order valence-electron chi connectivity index (χ1n) is 4.89. The van der Waals surface area contributed by atoms with E-state index in [0.717, 1.165) is 11.4 Å². The van der Waals surface area contributed by atoms with Crippen molar-refractivity contribution in [1.29, 1.82) is 0 Å². The Balaban J connectivity index is 1.99. The zero-order valence-electron chi connectivity index (χ0n) is 8.92. The maximum Gasteiger partial charge on any atom is 0.214 e. The molecule has 0 aromatic carbocycles. The molecule has 16 heavy (non-hydrogen) atoms. The Labute approximate surface area is 93.5 Å². The average Bonchev–Trinajstić information content (AvgIpc) is 2.38. The first-order valence-corrected chi connectivity index (χ1v) is 4.89. The summed E-state index contributed by atoms with van der Waals surface area (Å²) in [5, 5.41) is 11.0. The Morgan fingerprint density at radius 3 is 3.00 bits per heavy atom. The van der Waals surface area contributed by atoms with Crippen molar-refractivity contribution in [3.05, 3.63) is 42.4 Å². The standard InChI is InChI=1S/C11H12N4O/c1-16-11-7-9(4-6-12-11)13-8-10-3-2-5-14-15-10/h2-7H,8H2,1H3,(H,12,13). The SMILES string of the molecule is COc1cc(NCc2cccnn2)ccn1. The third kappa shape index (κ3) is 2.66. The average molecular weight is 216 g/mol. The molecule has 0 unspecified atom stereocenters. The van der Waals surface area contributed by atoms with Crippen LogP contribution >= 0.6 is 0 Å². The Bertz CT molecular complexity index is 447. The lowest BCUT2D eigenvalue weighted by molar-refractivity contribution is 0.398. The van der Waals surface area contributed by atoms with Gasteiger partial charge in [0.1, 0.15) is 0 Å². The van der Waals surface area contributed by atoms with Gasteiger partial charge in [0.15, 0.2) is 0 Å². The van der Waals surface area contributed by atoms with Gasteiger partial charge >= 0.3 is 0 Å². The molecule has 0 radical (unpaired) electrons. The number of methoxy groups -OCH3 is 1. The summed E-state index contributed by atoms with van der Waals surface area (Å²) < 4.78 is 5.03. The molecule has 5 heteroatoms. The largest absolute Gasteiger partial charge is 0.481 e. The van der Waals surface area contributed by atoms with Crippen molar-refractivity contribution in [3.8, 4) is 5.88 Å². The van der Waals surface area contributed by atoms with Crippen molar-refractivity contribution in [2.24, 2.45) is 0 Å². The van der Waals surface area contributed by atoms with Crippen molar-refractivity contribution < 1.29 is 4.74 Å². The van der Waals surface area contributed by atoms with Crippen LogP contribution in [-0.4, -0.2) is 22.3 Å². The number of ether oxygens (including phenoxy) is 1. The van der Waals surface area contributed by atoms with Crippen LogP contribution in [0.4, 0.5) is 5.69 Å². The van der Waals surface area contributed by atoms with Gasteiger partial charge in [-0.2, -0.15) is 10.2 Å². The molecule has 0 aliphatic heterocycles. The first kappa shape index (κ1) is 10.4. The molecule has 0 bridgehead atoms. The van der Waals surface area contributed by atoms with Crippen molar-refractivity contribution >= 4 is 5.69 Å². The van der Waals surface area contributed by atoms with Gasteiger partial charge in [0.25, 0.3) is 0 Å². The van der Waals surface area contributed by atoms with E-state index in [1.54, 1.807) is 19.5 Å². The summed E-state index contributed by atoms with van der Waals surface area (Å²) in [5.74, 6) is 0.587. The molecular weight excluding hydrogens is 204 g/mol. The van der Waals surface area contributed by atoms with Crippen LogP contribution < -0.4 is 10.1 Å². The van der Waals surface area contributed by atoms with Crippen LogP contribution in [0.1, 0.15) is 5.69 Å². The molecule has 0 amide bonds. The molecule has 0 aliphatic rings. The summed E-state index contributed by atoms with van der Waals surface area (Å²) in [6, 6.07) is 7.48. The molecule has 2 heterocycles. The quantitative estimate of drug-likeness (QED) is 0.839. The summed E-state index contributed by atoms with van der Waals surface area (Å²) in [6.07, 6.45) is 3.34. The fraction of sp³-hybridized carbons (Fsp3) is 0.182. The maximum atomic E-state index is 5.03. The van der Waals surface area contributed by atoms with E-state index < -0.39 is 0 Å². The number of rotatable bonds is 4. The van der Waals surface area contributed by atoms with E-state index in [4.69, 9.17) is 4.74 Å². The van der Waals surface area contributed by atoms with Crippen molar-refractivity contribution in [3.63, 3.8) is 0 Å². The highest BCUT2D eigenvalue weighted by Crippen LogP contribution is 2.13. The Morgan fingerprint density at radius 2 is 2.25 bits per heavy atom. The first-order chi connectivity index (χ1) is 7.88. The summed E-state index contributed by atoms with van der Waals surface area (Å²) >= 11 is 0. The normalized spacial score (nSPS) is 9.81.